The van der Waals surface area contributed by atoms with Gasteiger partial charge < -0.3 is 10.2 Å². The van der Waals surface area contributed by atoms with Crippen LogP contribution < -0.4 is 5.06 Å². The molecule has 9 atom stereocenters. The molecule has 8 heteroatoms. The molecule has 3 saturated carbocycles. The van der Waals surface area contributed by atoms with Crippen molar-refractivity contribution in [2.45, 2.75) is 57.9 Å². The molecular weight excluding hydrogens is 451 g/mol. The van der Waals surface area contributed by atoms with Gasteiger partial charge in [0.2, 0.25) is 5.60 Å². The molecule has 1 aliphatic heterocycles. The maximum absolute atomic E-state index is 15.7. The summed E-state index contributed by atoms with van der Waals surface area (Å²) >= 11 is 0. The summed E-state index contributed by atoms with van der Waals surface area (Å²) in [5, 5.41) is 23.9. The van der Waals surface area contributed by atoms with Crippen molar-refractivity contribution < 1.29 is 29.0 Å². The SMILES string of the molecule is CC12C=CC(=O)C=C1C(F)CC1C2C(O)CC2(C)C1(C)CC1CN(c3cccnc3)OC12C(=O)O. The Morgan fingerprint density at radius 3 is 2.74 bits per heavy atom. The Kier molecular flexibility index (Phi) is 4.58. The van der Waals surface area contributed by atoms with E-state index in [0.717, 1.165) is 0 Å². The maximum Gasteiger partial charge on any atom is 0.339 e. The molecule has 6 rings (SSSR count). The van der Waals surface area contributed by atoms with E-state index in [1.54, 1.807) is 29.6 Å². The quantitative estimate of drug-likeness (QED) is 0.666. The van der Waals surface area contributed by atoms with Gasteiger partial charge in [-0.15, -0.1) is 0 Å². The second kappa shape index (κ2) is 7.01. The van der Waals surface area contributed by atoms with Gasteiger partial charge in [0.05, 0.1) is 24.5 Å². The van der Waals surface area contributed by atoms with Crippen molar-refractivity contribution in [2.24, 2.45) is 34.0 Å². The lowest BCUT2D eigenvalue weighted by molar-refractivity contribution is -0.225. The van der Waals surface area contributed by atoms with Crippen LogP contribution in [-0.2, 0) is 14.4 Å². The third kappa shape index (κ3) is 2.59. The number of aliphatic carboxylic acids is 1. The van der Waals surface area contributed by atoms with Gasteiger partial charge in [-0.25, -0.2) is 9.18 Å². The lowest BCUT2D eigenvalue weighted by Crippen LogP contribution is -2.67. The number of hydrogen-bond acceptors (Lipinski definition) is 6. The Bertz CT molecular complexity index is 1170. The number of aliphatic hydroxyl groups excluding tert-OH is 1. The zero-order chi connectivity index (χ0) is 25.0. The summed E-state index contributed by atoms with van der Waals surface area (Å²) in [5.41, 5.74) is -2.76. The van der Waals surface area contributed by atoms with Crippen molar-refractivity contribution in [2.75, 3.05) is 11.6 Å². The fraction of sp³-hybridized carbons (Fsp3) is 0.593. The number of fused-ring (bicyclic) bond motifs is 7. The summed E-state index contributed by atoms with van der Waals surface area (Å²) in [6.45, 7) is 6.27. The first-order valence-corrected chi connectivity index (χ1v) is 12.4. The molecule has 4 aliphatic carbocycles. The smallest absolute Gasteiger partial charge is 0.339 e. The monoisotopic (exact) mass is 482 g/mol. The molecule has 0 spiro atoms. The first-order chi connectivity index (χ1) is 16.5. The zero-order valence-electron chi connectivity index (χ0n) is 20.1. The molecule has 2 heterocycles. The van der Waals surface area contributed by atoms with E-state index in [4.69, 9.17) is 4.84 Å². The maximum atomic E-state index is 15.7. The van der Waals surface area contributed by atoms with E-state index >= 15 is 4.39 Å². The lowest BCUT2D eigenvalue weighted by atomic mass is 9.41. The standard InChI is InChI=1S/C27H31FN2O5/c1-24-7-6-17(31)9-18(24)20(28)10-19-22(24)21(32)12-26(3)25(19,2)11-15-14-30(16-5-4-8-29-13-16)35-27(15,26)23(33)34/h4-9,13,15,19-22,32H,10-12,14H2,1-3H3,(H,33,34). The van der Waals surface area contributed by atoms with Crippen LogP contribution >= 0.6 is 0 Å². The van der Waals surface area contributed by atoms with Crippen LogP contribution in [0.4, 0.5) is 10.1 Å². The summed E-state index contributed by atoms with van der Waals surface area (Å²) < 4.78 is 15.7. The Balaban J connectivity index is 1.45. The van der Waals surface area contributed by atoms with Crippen LogP contribution in [-0.4, -0.2) is 51.4 Å². The van der Waals surface area contributed by atoms with E-state index in [9.17, 15) is 19.8 Å². The molecule has 0 amide bonds. The molecule has 5 aliphatic rings. The van der Waals surface area contributed by atoms with Gasteiger partial charge >= 0.3 is 5.97 Å². The molecule has 4 fully saturated rings. The number of carbonyl (C=O) groups excluding carboxylic acids is 1. The molecule has 0 bridgehead atoms. The minimum absolute atomic E-state index is 0.158. The van der Waals surface area contributed by atoms with Crippen molar-refractivity contribution in [3.8, 4) is 0 Å². The minimum Gasteiger partial charge on any atom is -0.479 e. The van der Waals surface area contributed by atoms with Gasteiger partial charge in [0.1, 0.15) is 6.17 Å². The van der Waals surface area contributed by atoms with Crippen LogP contribution in [0.3, 0.4) is 0 Å². The summed E-state index contributed by atoms with van der Waals surface area (Å²) in [7, 11) is 0. The zero-order valence-corrected chi connectivity index (χ0v) is 20.1. The van der Waals surface area contributed by atoms with Gasteiger partial charge in [-0.1, -0.05) is 26.8 Å². The first kappa shape index (κ1) is 22.9. The highest BCUT2D eigenvalue weighted by Crippen LogP contribution is 2.75. The van der Waals surface area contributed by atoms with E-state index in [1.807, 2.05) is 19.9 Å². The van der Waals surface area contributed by atoms with Crippen molar-refractivity contribution in [1.29, 1.82) is 0 Å². The highest BCUT2D eigenvalue weighted by molar-refractivity contribution is 6.01. The predicted octanol–water partition coefficient (Wildman–Crippen LogP) is 3.50. The van der Waals surface area contributed by atoms with Crippen LogP contribution in [0.5, 0.6) is 0 Å². The van der Waals surface area contributed by atoms with Gasteiger partial charge in [0, 0.05) is 28.9 Å². The molecule has 186 valence electrons. The third-order valence-corrected chi connectivity index (χ3v) is 10.5. The first-order valence-electron chi connectivity index (χ1n) is 12.4. The molecule has 0 radical (unpaired) electrons. The molecule has 35 heavy (non-hydrogen) atoms. The Labute approximate surface area is 203 Å². The summed E-state index contributed by atoms with van der Waals surface area (Å²) in [6.07, 6.45) is 6.64. The van der Waals surface area contributed by atoms with Crippen molar-refractivity contribution in [3.05, 3.63) is 48.3 Å². The largest absolute Gasteiger partial charge is 0.479 e. The molecule has 2 N–H and O–H groups in total. The summed E-state index contributed by atoms with van der Waals surface area (Å²) in [5.74, 6) is -2.21. The van der Waals surface area contributed by atoms with Crippen LogP contribution in [0.15, 0.2) is 48.3 Å². The number of alkyl halides is 1. The van der Waals surface area contributed by atoms with Crippen molar-refractivity contribution in [3.63, 3.8) is 0 Å². The van der Waals surface area contributed by atoms with E-state index in [-0.39, 0.29) is 36.4 Å². The van der Waals surface area contributed by atoms with Gasteiger partial charge in [-0.05, 0) is 60.5 Å². The van der Waals surface area contributed by atoms with E-state index in [1.165, 1.54) is 12.2 Å². The summed E-state index contributed by atoms with van der Waals surface area (Å²) in [4.78, 5) is 35.6. The lowest BCUT2D eigenvalue weighted by Gasteiger charge is -2.64. The minimum atomic E-state index is -1.55. The average molecular weight is 483 g/mol. The Morgan fingerprint density at radius 1 is 1.29 bits per heavy atom. The average Bonchev–Trinajstić information content (AvgIpc) is 3.27. The molecule has 0 aromatic carbocycles. The number of hydroxylamine groups is 1. The third-order valence-electron chi connectivity index (χ3n) is 10.5. The molecule has 9 unspecified atom stereocenters. The Morgan fingerprint density at radius 2 is 2.06 bits per heavy atom. The number of rotatable bonds is 2. The topological polar surface area (TPSA) is 100.0 Å². The van der Waals surface area contributed by atoms with Gasteiger partial charge in [-0.3, -0.25) is 19.7 Å². The second-order valence-electron chi connectivity index (χ2n) is 11.8. The second-order valence-corrected chi connectivity index (χ2v) is 11.8. The number of hydrogen-bond donors (Lipinski definition) is 2. The molecule has 7 nitrogen and oxygen atoms in total. The molecule has 1 aromatic rings. The highest BCUT2D eigenvalue weighted by atomic mass is 19.1. The fourth-order valence-electron chi connectivity index (χ4n) is 8.81. The van der Waals surface area contributed by atoms with Crippen molar-refractivity contribution in [1.82, 2.24) is 4.98 Å². The number of allylic oxidation sites excluding steroid dienone is 4. The number of aliphatic hydroxyl groups is 1. The molecular formula is C27H31FN2O5. The van der Waals surface area contributed by atoms with Crippen LogP contribution in [0.25, 0.3) is 0 Å². The number of nitrogens with zero attached hydrogens (tertiary/aromatic N) is 2. The van der Waals surface area contributed by atoms with E-state index in [2.05, 4.69) is 11.9 Å². The number of aromatic nitrogens is 1. The normalized spacial score (nSPS) is 48.0. The predicted molar refractivity (Wildman–Crippen MR) is 125 cm³/mol. The number of ketones is 1. The number of carboxylic acids is 1. The van der Waals surface area contributed by atoms with Gasteiger partial charge in [0.15, 0.2) is 5.78 Å². The molecule has 1 aromatic heterocycles. The number of pyridine rings is 1. The fourth-order valence-corrected chi connectivity index (χ4v) is 8.81. The molecule has 1 saturated heterocycles. The van der Waals surface area contributed by atoms with Gasteiger partial charge in [-0.2, -0.15) is 0 Å². The highest BCUT2D eigenvalue weighted by Gasteiger charge is 2.80. The van der Waals surface area contributed by atoms with Gasteiger partial charge in [0.25, 0.3) is 0 Å². The van der Waals surface area contributed by atoms with E-state index in [0.29, 0.717) is 24.2 Å². The van der Waals surface area contributed by atoms with E-state index < -0.39 is 40.1 Å². The number of carbonyl (C=O) groups is 2. The van der Waals surface area contributed by atoms with Crippen LogP contribution in [0.1, 0.15) is 40.0 Å². The van der Waals surface area contributed by atoms with Crippen LogP contribution in [0.2, 0.25) is 0 Å². The van der Waals surface area contributed by atoms with Crippen LogP contribution in [0, 0.1) is 34.0 Å². The van der Waals surface area contributed by atoms with Crippen molar-refractivity contribution >= 4 is 17.4 Å². The number of halogens is 1. The number of carboxylic acid groups (broad SMARTS) is 1. The summed E-state index contributed by atoms with van der Waals surface area (Å²) in [6, 6.07) is 3.61. The number of anilines is 1. The Hall–Kier alpha value is -2.58.